The molecule has 3 nitrogen and oxygen atoms in total. The van der Waals surface area contributed by atoms with Crippen molar-refractivity contribution in [2.24, 2.45) is 11.8 Å². The van der Waals surface area contributed by atoms with Gasteiger partial charge in [0.05, 0.1) is 0 Å². The molecule has 4 rings (SSSR count). The maximum absolute atomic E-state index is 10.9. The first-order valence-corrected chi connectivity index (χ1v) is 14.1. The Bertz CT molecular complexity index is 941. The average Bonchev–Trinajstić information content (AvgIpc) is 2.93. The number of hydrogen-bond acceptors (Lipinski definition) is 2. The molecule has 1 N–H and O–H groups in total. The Balaban J connectivity index is 1.61. The molecule has 0 spiro atoms. The normalized spacial score (nSPS) is 26.9. The lowest BCUT2D eigenvalue weighted by molar-refractivity contribution is -0.137. The van der Waals surface area contributed by atoms with E-state index in [9.17, 15) is 4.79 Å². The molecule has 1 aromatic carbocycles. The summed E-state index contributed by atoms with van der Waals surface area (Å²) in [5.41, 5.74) is 7.25. The predicted octanol–water partition coefficient (Wildman–Crippen LogP) is 6.13. The molecule has 0 radical (unpaired) electrons. The van der Waals surface area contributed by atoms with Crippen molar-refractivity contribution in [3.63, 3.8) is 0 Å². The fraction of sp³-hybridized carbons (Fsp3) is 0.538. The molecule has 3 aliphatic rings. The highest BCUT2D eigenvalue weighted by atomic mass is 79.9. The van der Waals surface area contributed by atoms with E-state index in [0.29, 0.717) is 18.3 Å². The van der Waals surface area contributed by atoms with E-state index in [1.54, 1.807) is 0 Å². The fourth-order valence-corrected chi connectivity index (χ4v) is 7.04. The van der Waals surface area contributed by atoms with E-state index in [4.69, 9.17) is 5.11 Å². The molecule has 168 valence electrons. The van der Waals surface area contributed by atoms with E-state index in [0.717, 1.165) is 45.2 Å². The summed E-state index contributed by atoms with van der Waals surface area (Å²) in [4.78, 5) is 13.4. The maximum Gasteiger partial charge on any atom is 0.303 e. The summed E-state index contributed by atoms with van der Waals surface area (Å²) in [5.74, 6) is 0.506. The molecule has 0 amide bonds. The van der Waals surface area contributed by atoms with Crippen molar-refractivity contribution in [3.05, 3.63) is 50.4 Å². The van der Waals surface area contributed by atoms with Gasteiger partial charge in [0.15, 0.2) is 0 Å². The SMILES string of the molecule is CN1CCc2cc(Br)c(C3=C(C4CCC(CCC(=O)O)CC4)C=S(C)C=C3)cc2CC1. The van der Waals surface area contributed by atoms with Crippen LogP contribution in [0.1, 0.15) is 55.2 Å². The van der Waals surface area contributed by atoms with Crippen LogP contribution in [0.5, 0.6) is 0 Å². The van der Waals surface area contributed by atoms with Gasteiger partial charge in [-0.3, -0.25) is 4.79 Å². The zero-order valence-electron chi connectivity index (χ0n) is 18.7. The number of carboxylic acid groups (broad SMARTS) is 1. The highest BCUT2D eigenvalue weighted by molar-refractivity contribution is 9.10. The number of benzene rings is 1. The number of rotatable bonds is 5. The van der Waals surface area contributed by atoms with Crippen LogP contribution in [0.25, 0.3) is 5.57 Å². The largest absolute Gasteiger partial charge is 0.481 e. The third kappa shape index (κ3) is 5.61. The Morgan fingerprint density at radius 2 is 1.84 bits per heavy atom. The van der Waals surface area contributed by atoms with Gasteiger partial charge in [-0.2, -0.15) is 10.5 Å². The maximum atomic E-state index is 10.9. The van der Waals surface area contributed by atoms with Crippen molar-refractivity contribution in [1.82, 2.24) is 4.90 Å². The van der Waals surface area contributed by atoms with Gasteiger partial charge in [0.2, 0.25) is 0 Å². The second-order valence-electron chi connectivity index (χ2n) is 9.45. The van der Waals surface area contributed by atoms with Crippen LogP contribution in [0.2, 0.25) is 0 Å². The molecular formula is C26H34BrNO2S. The summed E-state index contributed by atoms with van der Waals surface area (Å²) in [5, 5.41) is 13.9. The van der Waals surface area contributed by atoms with Crippen molar-refractivity contribution in [3.8, 4) is 0 Å². The van der Waals surface area contributed by atoms with Gasteiger partial charge >= 0.3 is 5.97 Å². The molecule has 2 heterocycles. The number of allylic oxidation sites excluding steroid dienone is 3. The van der Waals surface area contributed by atoms with Gasteiger partial charge < -0.3 is 10.0 Å². The first-order valence-electron chi connectivity index (χ1n) is 11.5. The van der Waals surface area contributed by atoms with Crippen molar-refractivity contribution in [1.29, 1.82) is 0 Å². The smallest absolute Gasteiger partial charge is 0.303 e. The molecule has 1 unspecified atom stereocenters. The monoisotopic (exact) mass is 503 g/mol. The second-order valence-corrected chi connectivity index (χ2v) is 12.0. The van der Waals surface area contributed by atoms with Gasteiger partial charge in [-0.1, -0.05) is 15.9 Å². The van der Waals surface area contributed by atoms with Gasteiger partial charge in [-0.25, -0.2) is 0 Å². The number of fused-ring (bicyclic) bond motifs is 1. The Morgan fingerprint density at radius 1 is 1.16 bits per heavy atom. The number of likely N-dealkylation sites (N-methyl/N-ethyl adjacent to an activating group) is 1. The molecule has 1 atom stereocenters. The minimum absolute atomic E-state index is 0.186. The first-order chi connectivity index (χ1) is 14.9. The fourth-order valence-electron chi connectivity index (χ4n) is 5.29. The van der Waals surface area contributed by atoms with Crippen molar-refractivity contribution in [2.75, 3.05) is 26.4 Å². The molecule has 0 saturated heterocycles. The van der Waals surface area contributed by atoms with Crippen LogP contribution in [-0.2, 0) is 17.6 Å². The Labute approximate surface area is 197 Å². The van der Waals surface area contributed by atoms with Crippen LogP contribution in [0.3, 0.4) is 0 Å². The summed E-state index contributed by atoms with van der Waals surface area (Å²) in [6.07, 6.45) is 12.7. The topological polar surface area (TPSA) is 40.5 Å². The molecule has 0 aromatic heterocycles. The zero-order valence-corrected chi connectivity index (χ0v) is 21.1. The third-order valence-corrected chi connectivity index (χ3v) is 9.08. The van der Waals surface area contributed by atoms with E-state index >= 15 is 0 Å². The standard InChI is InChI=1S/C26H34BrNO2S/c1-28-12-9-20-15-23(25(27)16-21(20)10-13-28)22-11-14-31(2)17-24(22)19-6-3-18(4-7-19)5-8-26(29)30/h11,14-19H,3-10,12-13H2,1-2H3,(H,29,30). The number of halogens is 1. The Morgan fingerprint density at radius 3 is 2.52 bits per heavy atom. The van der Waals surface area contributed by atoms with Crippen LogP contribution in [-0.4, -0.2) is 47.7 Å². The molecular weight excluding hydrogens is 470 g/mol. The lowest BCUT2D eigenvalue weighted by Crippen LogP contribution is -2.20. The van der Waals surface area contributed by atoms with Crippen LogP contribution >= 0.6 is 26.4 Å². The minimum Gasteiger partial charge on any atom is -0.481 e. The second kappa shape index (κ2) is 10.2. The predicted molar refractivity (Wildman–Crippen MR) is 137 cm³/mol. The van der Waals surface area contributed by atoms with E-state index in [2.05, 4.69) is 63.1 Å². The Kier molecular flexibility index (Phi) is 7.56. The Hall–Kier alpha value is -1.17. The van der Waals surface area contributed by atoms with Crippen LogP contribution in [0.4, 0.5) is 0 Å². The third-order valence-electron chi connectivity index (χ3n) is 7.23. The van der Waals surface area contributed by atoms with Gasteiger partial charge in [-0.05, 0) is 127 Å². The van der Waals surface area contributed by atoms with E-state index in [1.807, 2.05) is 0 Å². The first kappa shape index (κ1) is 23.0. The summed E-state index contributed by atoms with van der Waals surface area (Å²) in [6.45, 7) is 2.25. The summed E-state index contributed by atoms with van der Waals surface area (Å²) in [6, 6.07) is 4.81. The lowest BCUT2D eigenvalue weighted by Gasteiger charge is -2.31. The summed E-state index contributed by atoms with van der Waals surface area (Å²) >= 11 is 3.91. The van der Waals surface area contributed by atoms with Crippen molar-refractivity contribution < 1.29 is 9.90 Å². The molecule has 1 aromatic rings. The van der Waals surface area contributed by atoms with Gasteiger partial charge in [0.1, 0.15) is 0 Å². The lowest BCUT2D eigenvalue weighted by atomic mass is 9.75. The van der Waals surface area contributed by atoms with Crippen LogP contribution in [0, 0.1) is 11.8 Å². The van der Waals surface area contributed by atoms with Gasteiger partial charge in [0.25, 0.3) is 0 Å². The molecule has 1 aliphatic carbocycles. The quantitative estimate of drug-likeness (QED) is 0.491. The average molecular weight is 505 g/mol. The number of carboxylic acids is 1. The molecule has 31 heavy (non-hydrogen) atoms. The molecule has 1 fully saturated rings. The van der Waals surface area contributed by atoms with E-state index in [-0.39, 0.29) is 10.5 Å². The van der Waals surface area contributed by atoms with Crippen LogP contribution in [0.15, 0.2) is 33.7 Å². The number of hydrogen-bond donors (Lipinski definition) is 1. The highest BCUT2D eigenvalue weighted by Crippen LogP contribution is 2.42. The highest BCUT2D eigenvalue weighted by Gasteiger charge is 2.27. The van der Waals surface area contributed by atoms with Crippen molar-refractivity contribution >= 4 is 43.3 Å². The molecule has 2 aliphatic heterocycles. The summed E-state index contributed by atoms with van der Waals surface area (Å²) in [7, 11) is 2.40. The number of aliphatic carboxylic acids is 1. The zero-order chi connectivity index (χ0) is 22.0. The van der Waals surface area contributed by atoms with Crippen molar-refractivity contribution in [2.45, 2.75) is 51.4 Å². The molecule has 1 saturated carbocycles. The van der Waals surface area contributed by atoms with Gasteiger partial charge in [-0.15, -0.1) is 0 Å². The van der Waals surface area contributed by atoms with Gasteiger partial charge in [0, 0.05) is 24.0 Å². The van der Waals surface area contributed by atoms with E-state index in [1.165, 1.54) is 45.2 Å². The number of carbonyl (C=O) groups is 1. The summed E-state index contributed by atoms with van der Waals surface area (Å²) < 4.78 is 1.22. The number of nitrogens with zero attached hydrogens (tertiary/aromatic N) is 1. The molecule has 5 heteroatoms. The molecule has 0 bridgehead atoms. The minimum atomic E-state index is -0.660. The van der Waals surface area contributed by atoms with Crippen LogP contribution < -0.4 is 0 Å². The van der Waals surface area contributed by atoms with E-state index < -0.39 is 5.97 Å².